The molecule has 0 radical (unpaired) electrons. The van der Waals surface area contributed by atoms with Gasteiger partial charge in [0.15, 0.2) is 0 Å². The van der Waals surface area contributed by atoms with Crippen LogP contribution in [0.25, 0.3) is 6.08 Å². The molecule has 0 heterocycles. The van der Waals surface area contributed by atoms with Crippen LogP contribution in [0, 0.1) is 34.3 Å². The Bertz CT molecular complexity index is 891. The predicted molar refractivity (Wildman–Crippen MR) is 84.7 cm³/mol. The Balaban J connectivity index is 2.44. The zero-order valence-electron chi connectivity index (χ0n) is 11.9. The molecule has 0 aliphatic heterocycles. The number of rotatable bonds is 3. The predicted octanol–water partition coefficient (Wildman–Crippen LogP) is 4.38. The van der Waals surface area contributed by atoms with Crippen LogP contribution in [0.4, 0.5) is 8.78 Å². The first-order valence-corrected chi connectivity index (χ1v) is 7.23. The van der Waals surface area contributed by atoms with Gasteiger partial charge in [-0.3, -0.25) is 0 Å². The Hall–Kier alpha value is -3.03. The van der Waals surface area contributed by atoms with E-state index in [1.807, 2.05) is 0 Å². The molecular weight excluding hydrogens is 382 g/mol. The molecule has 0 fully saturated rings. The third kappa shape index (κ3) is 3.83. The summed E-state index contributed by atoms with van der Waals surface area (Å²) >= 11 is 3.21. The number of nitriles is 2. The number of carbonyl (C=O) groups is 1. The zero-order chi connectivity index (χ0) is 17.7. The lowest BCUT2D eigenvalue weighted by molar-refractivity contribution is 0.0724. The van der Waals surface area contributed by atoms with Crippen molar-refractivity contribution in [1.29, 1.82) is 10.5 Å². The fraction of sp³-hybridized carbons (Fsp3) is 0. The van der Waals surface area contributed by atoms with E-state index in [9.17, 15) is 13.6 Å². The highest BCUT2D eigenvalue weighted by molar-refractivity contribution is 9.10. The van der Waals surface area contributed by atoms with E-state index in [0.717, 1.165) is 18.2 Å². The van der Waals surface area contributed by atoms with Crippen molar-refractivity contribution in [2.24, 2.45) is 0 Å². The lowest BCUT2D eigenvalue weighted by Crippen LogP contribution is -2.13. The lowest BCUT2D eigenvalue weighted by Gasteiger charge is -2.09. The fourth-order valence-electron chi connectivity index (χ4n) is 1.81. The van der Waals surface area contributed by atoms with Crippen molar-refractivity contribution in [3.63, 3.8) is 0 Å². The van der Waals surface area contributed by atoms with Gasteiger partial charge in [0.2, 0.25) is 0 Å². The average Bonchev–Trinajstić information content (AvgIpc) is 2.54. The third-order valence-corrected chi connectivity index (χ3v) is 3.38. The topological polar surface area (TPSA) is 73.9 Å². The van der Waals surface area contributed by atoms with Gasteiger partial charge in [-0.2, -0.15) is 10.5 Å². The summed E-state index contributed by atoms with van der Waals surface area (Å²) in [6.45, 7) is 0. The summed E-state index contributed by atoms with van der Waals surface area (Å²) in [5, 5.41) is 17.6. The molecule has 0 N–H and O–H groups in total. The van der Waals surface area contributed by atoms with Gasteiger partial charge in [0, 0.05) is 10.0 Å². The molecule has 0 aliphatic carbocycles. The maximum atomic E-state index is 13.6. The second kappa shape index (κ2) is 7.49. The SMILES string of the molecule is N#CC(C#N)=Cc1cc(Br)ccc1OC(=O)c1c(F)cccc1F. The minimum absolute atomic E-state index is 0.0474. The molecule has 0 unspecified atom stereocenters. The Morgan fingerprint density at radius 3 is 2.33 bits per heavy atom. The molecule has 2 rings (SSSR count). The van der Waals surface area contributed by atoms with Crippen molar-refractivity contribution in [2.75, 3.05) is 0 Å². The largest absolute Gasteiger partial charge is 0.422 e. The van der Waals surface area contributed by atoms with Gasteiger partial charge in [-0.1, -0.05) is 22.0 Å². The number of allylic oxidation sites excluding steroid dienone is 1. The van der Waals surface area contributed by atoms with E-state index in [1.54, 1.807) is 12.1 Å². The van der Waals surface area contributed by atoms with Crippen molar-refractivity contribution in [3.8, 4) is 17.9 Å². The summed E-state index contributed by atoms with van der Waals surface area (Å²) in [5.41, 5.74) is -0.814. The quantitative estimate of drug-likeness (QED) is 0.444. The second-order valence-corrected chi connectivity index (χ2v) is 5.37. The van der Waals surface area contributed by atoms with Crippen LogP contribution < -0.4 is 4.74 Å². The highest BCUT2D eigenvalue weighted by Gasteiger charge is 2.20. The number of halogens is 3. The van der Waals surface area contributed by atoms with E-state index in [-0.39, 0.29) is 16.9 Å². The van der Waals surface area contributed by atoms with Gasteiger partial charge < -0.3 is 4.74 Å². The molecule has 0 amide bonds. The van der Waals surface area contributed by atoms with Crippen LogP contribution in [0.3, 0.4) is 0 Å². The van der Waals surface area contributed by atoms with Crippen LogP contribution in [-0.2, 0) is 0 Å². The highest BCUT2D eigenvalue weighted by Crippen LogP contribution is 2.27. The molecular formula is C17H7BrF2N2O2. The van der Waals surface area contributed by atoms with Crippen LogP contribution in [0.15, 0.2) is 46.4 Å². The Labute approximate surface area is 144 Å². The van der Waals surface area contributed by atoms with Gasteiger partial charge in [0.25, 0.3) is 0 Å². The first kappa shape index (κ1) is 17.3. The summed E-state index contributed by atoms with van der Waals surface area (Å²) in [4.78, 5) is 12.1. The molecule has 7 heteroatoms. The number of carbonyl (C=O) groups excluding carboxylic acids is 1. The van der Waals surface area contributed by atoms with Crippen molar-refractivity contribution in [3.05, 3.63) is 69.2 Å². The summed E-state index contributed by atoms with van der Waals surface area (Å²) in [5.74, 6) is -3.38. The molecule has 0 aliphatic rings. The van der Waals surface area contributed by atoms with Crippen LogP contribution in [0.5, 0.6) is 5.75 Å². The van der Waals surface area contributed by atoms with Crippen LogP contribution in [0.1, 0.15) is 15.9 Å². The van der Waals surface area contributed by atoms with Gasteiger partial charge in [-0.05, 0) is 36.4 Å². The molecule has 118 valence electrons. The van der Waals surface area contributed by atoms with Gasteiger partial charge in [-0.15, -0.1) is 0 Å². The first-order valence-electron chi connectivity index (χ1n) is 6.44. The Morgan fingerprint density at radius 2 is 1.75 bits per heavy atom. The van der Waals surface area contributed by atoms with Crippen molar-refractivity contribution in [1.82, 2.24) is 0 Å². The normalized spacial score (nSPS) is 9.54. The highest BCUT2D eigenvalue weighted by atomic mass is 79.9. The molecule has 2 aromatic carbocycles. The molecule has 0 atom stereocenters. The first-order chi connectivity index (χ1) is 11.5. The van der Waals surface area contributed by atoms with Gasteiger partial charge in [0.1, 0.15) is 40.7 Å². The minimum Gasteiger partial charge on any atom is -0.422 e. The van der Waals surface area contributed by atoms with E-state index in [1.165, 1.54) is 24.3 Å². The summed E-state index contributed by atoms with van der Waals surface area (Å²) < 4.78 is 32.9. The average molecular weight is 389 g/mol. The summed E-state index contributed by atoms with van der Waals surface area (Å²) in [6.07, 6.45) is 1.20. The molecule has 24 heavy (non-hydrogen) atoms. The maximum absolute atomic E-state index is 13.6. The van der Waals surface area contributed by atoms with E-state index in [2.05, 4.69) is 15.9 Å². The zero-order valence-corrected chi connectivity index (χ0v) is 13.5. The number of hydrogen-bond acceptors (Lipinski definition) is 4. The molecule has 0 spiro atoms. The van der Waals surface area contributed by atoms with Gasteiger partial charge in [-0.25, -0.2) is 13.6 Å². The number of esters is 1. The van der Waals surface area contributed by atoms with Crippen molar-refractivity contribution in [2.45, 2.75) is 0 Å². The van der Waals surface area contributed by atoms with Crippen LogP contribution in [-0.4, -0.2) is 5.97 Å². The summed E-state index contributed by atoms with van der Waals surface area (Å²) in [7, 11) is 0. The van der Waals surface area contributed by atoms with Gasteiger partial charge in [0.05, 0.1) is 0 Å². The number of hydrogen-bond donors (Lipinski definition) is 0. The van der Waals surface area contributed by atoms with Gasteiger partial charge >= 0.3 is 5.97 Å². The Kier molecular flexibility index (Phi) is 5.41. The monoisotopic (exact) mass is 388 g/mol. The molecule has 2 aromatic rings. The van der Waals surface area contributed by atoms with E-state index in [4.69, 9.17) is 15.3 Å². The van der Waals surface area contributed by atoms with Crippen LogP contribution in [0.2, 0.25) is 0 Å². The fourth-order valence-corrected chi connectivity index (χ4v) is 2.19. The van der Waals surface area contributed by atoms with Crippen LogP contribution >= 0.6 is 15.9 Å². The molecule has 0 saturated carbocycles. The van der Waals surface area contributed by atoms with E-state index in [0.29, 0.717) is 4.47 Å². The molecule has 4 nitrogen and oxygen atoms in total. The molecule has 0 aromatic heterocycles. The minimum atomic E-state index is -1.22. The number of ether oxygens (including phenoxy) is 1. The molecule has 0 saturated heterocycles. The smallest absolute Gasteiger partial charge is 0.349 e. The molecule has 0 bridgehead atoms. The third-order valence-electron chi connectivity index (χ3n) is 2.88. The lowest BCUT2D eigenvalue weighted by atomic mass is 10.1. The number of nitrogens with zero attached hydrogens (tertiary/aromatic N) is 2. The standard InChI is InChI=1S/C17H7BrF2N2O2/c18-12-4-5-15(11(7-12)6-10(8-21)9-22)24-17(23)16-13(19)2-1-3-14(16)20/h1-7H. The summed E-state index contributed by atoms with van der Waals surface area (Å²) in [6, 6.07) is 10.8. The van der Waals surface area contributed by atoms with Crippen molar-refractivity contribution >= 4 is 28.0 Å². The Morgan fingerprint density at radius 1 is 1.12 bits per heavy atom. The maximum Gasteiger partial charge on any atom is 0.349 e. The van der Waals surface area contributed by atoms with Crippen molar-refractivity contribution < 1.29 is 18.3 Å². The van der Waals surface area contributed by atoms with E-state index < -0.39 is 23.2 Å². The number of benzene rings is 2. The second-order valence-electron chi connectivity index (χ2n) is 4.45. The van der Waals surface area contributed by atoms with E-state index >= 15 is 0 Å².